The smallest absolute Gasteiger partial charge is 0.244 e. The average Bonchev–Trinajstić information content (AvgIpc) is 2.88. The number of halogens is 1. The predicted molar refractivity (Wildman–Crippen MR) is 108 cm³/mol. The van der Waals surface area contributed by atoms with E-state index < -0.39 is 6.04 Å². The minimum Gasteiger partial charge on any atom is -0.355 e. The standard InChI is InChI=1S/C20H25ClN4O2/c1-5-22-20(27)14(3)23-19(26)11-10-17-13(2)24-25(15(17)4)12-16-8-6-7-9-18(16)21/h6-11,14H,5,12H2,1-4H3,(H,22,27)(H,23,26)/b11-10+/t14-/m1/s1. The number of likely N-dealkylation sites (N-methyl/N-ethyl adjacent to an activating group) is 1. The quantitative estimate of drug-likeness (QED) is 0.716. The fourth-order valence-corrected chi connectivity index (χ4v) is 2.90. The second-order valence-corrected chi connectivity index (χ2v) is 6.70. The van der Waals surface area contributed by atoms with Crippen LogP contribution in [0.4, 0.5) is 0 Å². The summed E-state index contributed by atoms with van der Waals surface area (Å²) < 4.78 is 1.87. The molecule has 0 saturated carbocycles. The number of nitrogens with one attached hydrogen (secondary N) is 2. The van der Waals surface area contributed by atoms with E-state index in [0.717, 1.165) is 22.5 Å². The molecule has 0 bridgehead atoms. The molecule has 0 aliphatic heterocycles. The first-order valence-corrected chi connectivity index (χ1v) is 9.25. The molecular formula is C20H25ClN4O2. The van der Waals surface area contributed by atoms with E-state index in [1.54, 1.807) is 13.0 Å². The van der Waals surface area contributed by atoms with Crippen LogP contribution < -0.4 is 10.6 Å². The highest BCUT2D eigenvalue weighted by atomic mass is 35.5. The molecule has 0 radical (unpaired) electrons. The van der Waals surface area contributed by atoms with E-state index in [2.05, 4.69) is 15.7 Å². The molecule has 2 aromatic rings. The molecule has 1 atom stereocenters. The highest BCUT2D eigenvalue weighted by Crippen LogP contribution is 2.20. The van der Waals surface area contributed by atoms with Gasteiger partial charge in [0.1, 0.15) is 6.04 Å². The van der Waals surface area contributed by atoms with Gasteiger partial charge < -0.3 is 10.6 Å². The monoisotopic (exact) mass is 388 g/mol. The third-order valence-electron chi connectivity index (χ3n) is 4.22. The first-order valence-electron chi connectivity index (χ1n) is 8.87. The van der Waals surface area contributed by atoms with Crippen molar-refractivity contribution in [3.8, 4) is 0 Å². The lowest BCUT2D eigenvalue weighted by molar-refractivity contribution is -0.126. The number of carbonyl (C=O) groups is 2. The number of amides is 2. The van der Waals surface area contributed by atoms with Crippen LogP contribution in [0.25, 0.3) is 6.08 Å². The molecule has 2 amide bonds. The summed E-state index contributed by atoms with van der Waals surface area (Å²) in [5.41, 5.74) is 3.62. The van der Waals surface area contributed by atoms with Crippen molar-refractivity contribution < 1.29 is 9.59 Å². The molecule has 0 unspecified atom stereocenters. The van der Waals surface area contributed by atoms with E-state index in [-0.39, 0.29) is 11.8 Å². The molecule has 7 heteroatoms. The van der Waals surface area contributed by atoms with Gasteiger partial charge in [-0.05, 0) is 45.4 Å². The summed E-state index contributed by atoms with van der Waals surface area (Å²) in [7, 11) is 0. The normalized spacial score (nSPS) is 12.2. The summed E-state index contributed by atoms with van der Waals surface area (Å²) in [5.74, 6) is -0.537. The Labute approximate surface area is 164 Å². The van der Waals surface area contributed by atoms with Gasteiger partial charge in [0.15, 0.2) is 0 Å². The zero-order valence-corrected chi connectivity index (χ0v) is 16.8. The molecule has 6 nitrogen and oxygen atoms in total. The molecule has 0 saturated heterocycles. The zero-order chi connectivity index (χ0) is 20.0. The Kier molecular flexibility index (Phi) is 7.19. The third-order valence-corrected chi connectivity index (χ3v) is 4.59. The number of rotatable bonds is 7. The minimum absolute atomic E-state index is 0.209. The molecule has 2 rings (SSSR count). The number of carbonyl (C=O) groups excluding carboxylic acids is 2. The molecule has 1 aromatic heterocycles. The fraction of sp³-hybridized carbons (Fsp3) is 0.350. The molecule has 0 spiro atoms. The van der Waals surface area contributed by atoms with E-state index in [1.165, 1.54) is 6.08 Å². The lowest BCUT2D eigenvalue weighted by Crippen LogP contribution is -2.44. The van der Waals surface area contributed by atoms with E-state index >= 15 is 0 Å². The summed E-state index contributed by atoms with van der Waals surface area (Å²) >= 11 is 6.23. The SMILES string of the molecule is CCNC(=O)[C@@H](C)NC(=O)/C=C/c1c(C)nn(Cc2ccccc2Cl)c1C. The van der Waals surface area contributed by atoms with Crippen LogP contribution >= 0.6 is 11.6 Å². The third kappa shape index (κ3) is 5.44. The van der Waals surface area contributed by atoms with Gasteiger partial charge in [-0.15, -0.1) is 0 Å². The van der Waals surface area contributed by atoms with Gasteiger partial charge >= 0.3 is 0 Å². The summed E-state index contributed by atoms with van der Waals surface area (Å²) in [5, 5.41) is 10.6. The van der Waals surface area contributed by atoms with Crippen molar-refractivity contribution in [2.24, 2.45) is 0 Å². The van der Waals surface area contributed by atoms with E-state index in [9.17, 15) is 9.59 Å². The van der Waals surface area contributed by atoms with E-state index in [4.69, 9.17) is 11.6 Å². The lowest BCUT2D eigenvalue weighted by atomic mass is 10.1. The Balaban J connectivity index is 2.10. The average molecular weight is 389 g/mol. The van der Waals surface area contributed by atoms with Crippen LogP contribution in [0.3, 0.4) is 0 Å². The highest BCUT2D eigenvalue weighted by molar-refractivity contribution is 6.31. The number of nitrogens with zero attached hydrogens (tertiary/aromatic N) is 2. The number of aryl methyl sites for hydroxylation is 1. The topological polar surface area (TPSA) is 76.0 Å². The molecule has 2 N–H and O–H groups in total. The van der Waals surface area contributed by atoms with Gasteiger partial charge in [-0.2, -0.15) is 5.10 Å². The van der Waals surface area contributed by atoms with Crippen molar-refractivity contribution in [3.05, 3.63) is 57.9 Å². The summed E-state index contributed by atoms with van der Waals surface area (Å²) in [4.78, 5) is 23.8. The van der Waals surface area contributed by atoms with Gasteiger partial charge in [0.25, 0.3) is 0 Å². The zero-order valence-electron chi connectivity index (χ0n) is 16.0. The molecule has 27 heavy (non-hydrogen) atoms. The van der Waals surface area contributed by atoms with Crippen LogP contribution in [0.5, 0.6) is 0 Å². The maximum absolute atomic E-state index is 12.1. The largest absolute Gasteiger partial charge is 0.355 e. The van der Waals surface area contributed by atoms with Crippen LogP contribution in [-0.2, 0) is 16.1 Å². The van der Waals surface area contributed by atoms with Gasteiger partial charge in [-0.1, -0.05) is 29.8 Å². The van der Waals surface area contributed by atoms with Gasteiger partial charge in [0, 0.05) is 28.9 Å². The van der Waals surface area contributed by atoms with Crippen LogP contribution in [-0.4, -0.2) is 34.2 Å². The first kappa shape index (κ1) is 20.7. The molecule has 0 aliphatic carbocycles. The summed E-state index contributed by atoms with van der Waals surface area (Å²) in [6.07, 6.45) is 3.15. The second-order valence-electron chi connectivity index (χ2n) is 6.29. The van der Waals surface area contributed by atoms with Gasteiger partial charge in [0.2, 0.25) is 11.8 Å². The number of aromatic nitrogens is 2. The van der Waals surface area contributed by atoms with E-state index in [1.807, 2.05) is 49.7 Å². The minimum atomic E-state index is -0.591. The lowest BCUT2D eigenvalue weighted by Gasteiger charge is -2.11. The Hall–Kier alpha value is -2.60. The number of benzene rings is 1. The predicted octanol–water partition coefficient (Wildman–Crippen LogP) is 2.86. The van der Waals surface area contributed by atoms with E-state index in [0.29, 0.717) is 18.1 Å². The van der Waals surface area contributed by atoms with Gasteiger partial charge in [-0.3, -0.25) is 14.3 Å². The maximum Gasteiger partial charge on any atom is 0.244 e. The van der Waals surface area contributed by atoms with Crippen molar-refractivity contribution in [2.45, 2.75) is 40.3 Å². The molecule has 1 aromatic carbocycles. The van der Waals surface area contributed by atoms with Crippen LogP contribution in [0.1, 0.15) is 36.4 Å². The van der Waals surface area contributed by atoms with Crippen molar-refractivity contribution in [1.29, 1.82) is 0 Å². The molecular weight excluding hydrogens is 364 g/mol. The summed E-state index contributed by atoms with van der Waals surface area (Å²) in [6.45, 7) is 8.41. The highest BCUT2D eigenvalue weighted by Gasteiger charge is 2.14. The molecule has 144 valence electrons. The Morgan fingerprint density at radius 2 is 2.00 bits per heavy atom. The molecule has 1 heterocycles. The van der Waals surface area contributed by atoms with Crippen molar-refractivity contribution in [1.82, 2.24) is 20.4 Å². The van der Waals surface area contributed by atoms with Crippen LogP contribution in [0.2, 0.25) is 5.02 Å². The molecule has 0 fully saturated rings. The van der Waals surface area contributed by atoms with Crippen molar-refractivity contribution in [3.63, 3.8) is 0 Å². The summed E-state index contributed by atoms with van der Waals surface area (Å²) in [6, 6.07) is 7.05. The van der Waals surface area contributed by atoms with Crippen LogP contribution in [0, 0.1) is 13.8 Å². The Morgan fingerprint density at radius 3 is 2.67 bits per heavy atom. The molecule has 0 aliphatic rings. The van der Waals surface area contributed by atoms with Crippen LogP contribution in [0.15, 0.2) is 30.3 Å². The Bertz CT molecular complexity index is 858. The maximum atomic E-state index is 12.1. The Morgan fingerprint density at radius 1 is 1.30 bits per heavy atom. The number of hydrogen-bond acceptors (Lipinski definition) is 3. The number of hydrogen-bond donors (Lipinski definition) is 2. The second kappa shape index (κ2) is 9.37. The van der Waals surface area contributed by atoms with Gasteiger partial charge in [0.05, 0.1) is 12.2 Å². The van der Waals surface area contributed by atoms with Gasteiger partial charge in [-0.25, -0.2) is 0 Å². The fourth-order valence-electron chi connectivity index (χ4n) is 2.71. The van der Waals surface area contributed by atoms with Crippen molar-refractivity contribution in [2.75, 3.05) is 6.54 Å². The first-order chi connectivity index (χ1) is 12.8. The van der Waals surface area contributed by atoms with Crippen molar-refractivity contribution >= 4 is 29.5 Å².